The highest BCUT2D eigenvalue weighted by molar-refractivity contribution is 14.1. The van der Waals surface area contributed by atoms with Crippen LogP contribution in [0.4, 0.5) is 11.4 Å². The van der Waals surface area contributed by atoms with Gasteiger partial charge in [-0.15, -0.1) is 0 Å². The van der Waals surface area contributed by atoms with Crippen LogP contribution in [0.5, 0.6) is 0 Å². The summed E-state index contributed by atoms with van der Waals surface area (Å²) in [5.41, 5.74) is 9.88. The van der Waals surface area contributed by atoms with Crippen molar-refractivity contribution in [1.82, 2.24) is 0 Å². The molecule has 0 bridgehead atoms. The lowest BCUT2D eigenvalue weighted by atomic mass is 10.1. The molecule has 5 heteroatoms. The molecule has 0 aromatic heterocycles. The van der Waals surface area contributed by atoms with E-state index in [0.29, 0.717) is 11.3 Å². The summed E-state index contributed by atoms with van der Waals surface area (Å²) in [7, 11) is 0. The lowest BCUT2D eigenvalue weighted by Gasteiger charge is -2.13. The van der Waals surface area contributed by atoms with E-state index in [2.05, 4.69) is 43.8 Å². The minimum atomic E-state index is -0.119. The van der Waals surface area contributed by atoms with Gasteiger partial charge < -0.3 is 11.1 Å². The van der Waals surface area contributed by atoms with Crippen molar-refractivity contribution in [3.8, 4) is 0 Å². The van der Waals surface area contributed by atoms with Gasteiger partial charge in [0, 0.05) is 19.4 Å². The quantitative estimate of drug-likeness (QED) is 0.529. The summed E-state index contributed by atoms with van der Waals surface area (Å²) in [6.07, 6.45) is 0. The van der Waals surface area contributed by atoms with Gasteiger partial charge in [-0.1, -0.05) is 15.9 Å². The van der Waals surface area contributed by atoms with E-state index in [-0.39, 0.29) is 5.91 Å². The smallest absolute Gasteiger partial charge is 0.256 e. The van der Waals surface area contributed by atoms with Crippen molar-refractivity contribution in [2.24, 2.45) is 0 Å². The van der Waals surface area contributed by atoms with Gasteiger partial charge in [0.2, 0.25) is 0 Å². The Hall–Kier alpha value is -1.08. The number of aryl methyl sites for hydroxylation is 2. The molecule has 20 heavy (non-hydrogen) atoms. The molecule has 0 aliphatic heterocycles. The maximum atomic E-state index is 12.4. The number of anilines is 2. The van der Waals surface area contributed by atoms with E-state index in [9.17, 15) is 4.79 Å². The molecular weight excluding hydrogens is 431 g/mol. The maximum Gasteiger partial charge on any atom is 0.256 e. The zero-order valence-electron chi connectivity index (χ0n) is 11.1. The van der Waals surface area contributed by atoms with Gasteiger partial charge in [0.05, 0.1) is 5.56 Å². The van der Waals surface area contributed by atoms with Crippen molar-refractivity contribution in [3.05, 3.63) is 55.1 Å². The second-order valence-electron chi connectivity index (χ2n) is 4.61. The first-order chi connectivity index (χ1) is 9.38. The molecule has 2 rings (SSSR count). The zero-order valence-corrected chi connectivity index (χ0v) is 14.9. The number of nitrogens with two attached hydrogens (primary N) is 1. The van der Waals surface area contributed by atoms with Crippen molar-refractivity contribution in [3.63, 3.8) is 0 Å². The summed E-state index contributed by atoms with van der Waals surface area (Å²) >= 11 is 5.54. The highest BCUT2D eigenvalue weighted by Gasteiger charge is 2.13. The molecule has 0 unspecified atom stereocenters. The van der Waals surface area contributed by atoms with Crippen molar-refractivity contribution in [2.75, 3.05) is 11.1 Å². The second kappa shape index (κ2) is 6.13. The van der Waals surface area contributed by atoms with Gasteiger partial charge in [-0.2, -0.15) is 0 Å². The number of benzene rings is 2. The monoisotopic (exact) mass is 444 g/mol. The van der Waals surface area contributed by atoms with Crippen LogP contribution in [0.3, 0.4) is 0 Å². The van der Waals surface area contributed by atoms with Crippen molar-refractivity contribution in [1.29, 1.82) is 0 Å². The minimum Gasteiger partial charge on any atom is -0.399 e. The third-order valence-electron chi connectivity index (χ3n) is 2.97. The Morgan fingerprint density at radius 1 is 1.20 bits per heavy atom. The molecule has 0 spiro atoms. The Morgan fingerprint density at radius 2 is 1.80 bits per heavy atom. The molecule has 0 saturated heterocycles. The number of nitrogens with one attached hydrogen (secondary N) is 1. The molecule has 0 aliphatic carbocycles. The lowest BCUT2D eigenvalue weighted by molar-refractivity contribution is 0.102. The fourth-order valence-corrected chi connectivity index (χ4v) is 2.99. The maximum absolute atomic E-state index is 12.4. The predicted molar refractivity (Wildman–Crippen MR) is 95.1 cm³/mol. The van der Waals surface area contributed by atoms with Crippen molar-refractivity contribution in [2.45, 2.75) is 13.8 Å². The van der Waals surface area contributed by atoms with Crippen LogP contribution in [0.1, 0.15) is 21.5 Å². The fraction of sp³-hybridized carbons (Fsp3) is 0.133. The Labute approximate surface area is 140 Å². The van der Waals surface area contributed by atoms with Gasteiger partial charge in [0.25, 0.3) is 5.91 Å². The molecule has 0 saturated carbocycles. The van der Waals surface area contributed by atoms with Crippen molar-refractivity contribution >= 4 is 55.8 Å². The van der Waals surface area contributed by atoms with E-state index in [1.165, 1.54) is 0 Å². The fourth-order valence-electron chi connectivity index (χ4n) is 2.05. The van der Waals surface area contributed by atoms with Gasteiger partial charge in [-0.05, 0) is 77.9 Å². The summed E-state index contributed by atoms with van der Waals surface area (Å²) < 4.78 is 1.79. The normalized spacial score (nSPS) is 10.4. The number of carbonyl (C=O) groups is 1. The van der Waals surface area contributed by atoms with E-state index in [1.807, 2.05) is 44.2 Å². The highest BCUT2D eigenvalue weighted by atomic mass is 127. The van der Waals surface area contributed by atoms with Crippen LogP contribution in [-0.4, -0.2) is 5.91 Å². The Morgan fingerprint density at radius 3 is 2.40 bits per heavy atom. The average molecular weight is 445 g/mol. The van der Waals surface area contributed by atoms with Crippen LogP contribution in [0, 0.1) is 17.4 Å². The number of hydrogen-bond acceptors (Lipinski definition) is 2. The number of hydrogen-bond donors (Lipinski definition) is 2. The summed E-state index contributed by atoms with van der Waals surface area (Å²) in [6.45, 7) is 3.87. The minimum absolute atomic E-state index is 0.119. The molecule has 3 N–H and O–H groups in total. The van der Waals surface area contributed by atoms with Gasteiger partial charge in [0.1, 0.15) is 0 Å². The second-order valence-corrected chi connectivity index (χ2v) is 6.69. The van der Waals surface area contributed by atoms with E-state index in [1.54, 1.807) is 0 Å². The molecule has 1 amide bonds. The molecule has 2 aromatic carbocycles. The molecular formula is C15H14BrIN2O. The summed E-state index contributed by atoms with van der Waals surface area (Å²) in [4.78, 5) is 12.4. The third-order valence-corrected chi connectivity index (χ3v) is 4.40. The summed E-state index contributed by atoms with van der Waals surface area (Å²) in [5.74, 6) is -0.119. The first-order valence-corrected chi connectivity index (χ1v) is 7.89. The van der Waals surface area contributed by atoms with E-state index < -0.39 is 0 Å². The molecule has 104 valence electrons. The molecule has 0 aliphatic rings. The molecule has 0 heterocycles. The number of amides is 1. The standard InChI is InChI=1S/C15H14BrIN2O/c1-8-5-11(18)6-9(2)14(8)19-15(20)12-7-10(16)3-4-13(12)17/h3-7H,18H2,1-2H3,(H,19,20). The van der Waals surface area contributed by atoms with E-state index in [0.717, 1.165) is 24.9 Å². The van der Waals surface area contributed by atoms with E-state index >= 15 is 0 Å². The van der Waals surface area contributed by atoms with Gasteiger partial charge in [-0.3, -0.25) is 4.79 Å². The van der Waals surface area contributed by atoms with Crippen LogP contribution in [0.15, 0.2) is 34.8 Å². The summed E-state index contributed by atoms with van der Waals surface area (Å²) in [6, 6.07) is 9.35. The molecule has 0 fully saturated rings. The largest absolute Gasteiger partial charge is 0.399 e. The van der Waals surface area contributed by atoms with Crippen LogP contribution >= 0.6 is 38.5 Å². The SMILES string of the molecule is Cc1cc(N)cc(C)c1NC(=O)c1cc(Br)ccc1I. The lowest BCUT2D eigenvalue weighted by Crippen LogP contribution is -2.15. The molecule has 0 radical (unpaired) electrons. The predicted octanol–water partition coefficient (Wildman–Crippen LogP) is 4.51. The van der Waals surface area contributed by atoms with E-state index in [4.69, 9.17) is 5.73 Å². The molecule has 2 aromatic rings. The van der Waals surface area contributed by atoms with Gasteiger partial charge in [-0.25, -0.2) is 0 Å². The van der Waals surface area contributed by atoms with Crippen molar-refractivity contribution < 1.29 is 4.79 Å². The Balaban J connectivity index is 2.35. The summed E-state index contributed by atoms with van der Waals surface area (Å²) in [5, 5.41) is 2.97. The van der Waals surface area contributed by atoms with Crippen LogP contribution in [-0.2, 0) is 0 Å². The molecule has 3 nitrogen and oxygen atoms in total. The zero-order chi connectivity index (χ0) is 14.9. The first-order valence-electron chi connectivity index (χ1n) is 6.01. The number of carbonyl (C=O) groups excluding carboxylic acids is 1. The van der Waals surface area contributed by atoms with Crippen LogP contribution < -0.4 is 11.1 Å². The number of halogens is 2. The van der Waals surface area contributed by atoms with Gasteiger partial charge in [0.15, 0.2) is 0 Å². The topological polar surface area (TPSA) is 55.1 Å². The Bertz CT molecular complexity index is 663. The first kappa shape index (κ1) is 15.3. The Kier molecular flexibility index (Phi) is 4.70. The highest BCUT2D eigenvalue weighted by Crippen LogP contribution is 2.25. The van der Waals surface area contributed by atoms with Crippen LogP contribution in [0.25, 0.3) is 0 Å². The number of nitrogen functional groups attached to an aromatic ring is 1. The van der Waals surface area contributed by atoms with Gasteiger partial charge >= 0.3 is 0 Å². The van der Waals surface area contributed by atoms with Crippen LogP contribution in [0.2, 0.25) is 0 Å². The number of rotatable bonds is 2. The third kappa shape index (κ3) is 3.32. The average Bonchev–Trinajstić information content (AvgIpc) is 2.36. The molecule has 0 atom stereocenters.